The molecule has 0 spiro atoms. The van der Waals surface area contributed by atoms with E-state index in [0.29, 0.717) is 0 Å². The summed E-state index contributed by atoms with van der Waals surface area (Å²) in [5.41, 5.74) is 1.44. The van der Waals surface area contributed by atoms with Crippen molar-refractivity contribution < 1.29 is 0 Å². The van der Waals surface area contributed by atoms with Crippen LogP contribution in [0.25, 0.3) is 0 Å². The summed E-state index contributed by atoms with van der Waals surface area (Å²) in [6.45, 7) is 10.3. The van der Waals surface area contributed by atoms with Gasteiger partial charge in [0, 0.05) is 12.2 Å². The van der Waals surface area contributed by atoms with Crippen molar-refractivity contribution in [3.8, 4) is 0 Å². The molecular formula is C16H29N. The molecule has 3 unspecified atom stereocenters. The molecule has 1 N–H and O–H groups in total. The van der Waals surface area contributed by atoms with Gasteiger partial charge in [-0.2, -0.15) is 0 Å². The van der Waals surface area contributed by atoms with Crippen LogP contribution in [0.3, 0.4) is 0 Å². The predicted octanol–water partition coefficient (Wildman–Crippen LogP) is 4.52. The molecule has 0 aromatic heterocycles. The molecule has 0 heterocycles. The molecule has 1 aliphatic rings. The highest BCUT2D eigenvalue weighted by atomic mass is 14.9. The number of rotatable bonds is 6. The van der Waals surface area contributed by atoms with E-state index in [1.54, 1.807) is 0 Å². The van der Waals surface area contributed by atoms with Crippen molar-refractivity contribution in [2.75, 3.05) is 6.54 Å². The normalized spacial score (nSPS) is 29.4. The Morgan fingerprint density at radius 1 is 1.29 bits per heavy atom. The van der Waals surface area contributed by atoms with Crippen LogP contribution in [0.4, 0.5) is 0 Å². The minimum Gasteiger partial charge on any atom is -0.388 e. The lowest BCUT2D eigenvalue weighted by molar-refractivity contribution is 0.346. The molecule has 0 aromatic rings. The number of allylic oxidation sites excluding steroid dienone is 3. The Balaban J connectivity index is 2.39. The first-order valence-electron chi connectivity index (χ1n) is 7.28. The number of hydrogen-bond acceptors (Lipinski definition) is 1. The predicted molar refractivity (Wildman–Crippen MR) is 76.9 cm³/mol. The van der Waals surface area contributed by atoms with Crippen molar-refractivity contribution in [2.45, 2.75) is 53.4 Å². The summed E-state index contributed by atoms with van der Waals surface area (Å²) in [7, 11) is 0. The van der Waals surface area contributed by atoms with Gasteiger partial charge < -0.3 is 5.32 Å². The molecule has 98 valence electrons. The second-order valence-electron chi connectivity index (χ2n) is 5.49. The summed E-state index contributed by atoms with van der Waals surface area (Å²) in [6, 6.07) is 0. The molecule has 1 aliphatic carbocycles. The van der Waals surface area contributed by atoms with Crippen molar-refractivity contribution in [3.05, 3.63) is 23.9 Å². The lowest BCUT2D eigenvalue weighted by Gasteiger charge is -2.27. The molecule has 0 radical (unpaired) electrons. The van der Waals surface area contributed by atoms with Gasteiger partial charge in [0.25, 0.3) is 0 Å². The van der Waals surface area contributed by atoms with E-state index in [4.69, 9.17) is 0 Å². The fourth-order valence-corrected chi connectivity index (χ4v) is 2.48. The van der Waals surface area contributed by atoms with Crippen LogP contribution in [0.1, 0.15) is 53.4 Å². The van der Waals surface area contributed by atoms with Crippen molar-refractivity contribution in [3.63, 3.8) is 0 Å². The maximum atomic E-state index is 3.64. The van der Waals surface area contributed by atoms with Crippen LogP contribution < -0.4 is 5.32 Å². The van der Waals surface area contributed by atoms with Gasteiger partial charge >= 0.3 is 0 Å². The van der Waals surface area contributed by atoms with Crippen molar-refractivity contribution >= 4 is 0 Å². The molecule has 0 fully saturated rings. The van der Waals surface area contributed by atoms with Gasteiger partial charge in [0.2, 0.25) is 0 Å². The Bertz CT molecular complexity index is 265. The summed E-state index contributed by atoms with van der Waals surface area (Å²) >= 11 is 0. The van der Waals surface area contributed by atoms with Gasteiger partial charge in [-0.15, -0.1) is 0 Å². The van der Waals surface area contributed by atoms with E-state index in [2.05, 4.69) is 51.2 Å². The van der Waals surface area contributed by atoms with Crippen molar-refractivity contribution in [1.29, 1.82) is 0 Å². The summed E-state index contributed by atoms with van der Waals surface area (Å²) in [4.78, 5) is 0. The van der Waals surface area contributed by atoms with E-state index in [1.165, 1.54) is 25.0 Å². The van der Waals surface area contributed by atoms with Crippen LogP contribution in [0.15, 0.2) is 23.9 Å². The molecule has 17 heavy (non-hydrogen) atoms. The Labute approximate surface area is 107 Å². The highest BCUT2D eigenvalue weighted by Crippen LogP contribution is 2.27. The van der Waals surface area contributed by atoms with Gasteiger partial charge in [-0.3, -0.25) is 0 Å². The third-order valence-electron chi connectivity index (χ3n) is 3.82. The average Bonchev–Trinajstić information content (AvgIpc) is 2.31. The third-order valence-corrected chi connectivity index (χ3v) is 3.82. The summed E-state index contributed by atoms with van der Waals surface area (Å²) < 4.78 is 0. The van der Waals surface area contributed by atoms with Crippen LogP contribution in [-0.2, 0) is 0 Å². The molecule has 3 atom stereocenters. The van der Waals surface area contributed by atoms with Gasteiger partial charge in [-0.25, -0.2) is 0 Å². The molecule has 0 bridgehead atoms. The molecular weight excluding hydrogens is 206 g/mol. The van der Waals surface area contributed by atoms with Crippen LogP contribution in [0.5, 0.6) is 0 Å². The fraction of sp³-hybridized carbons (Fsp3) is 0.750. The molecule has 1 nitrogen and oxygen atoms in total. The Morgan fingerprint density at radius 3 is 2.65 bits per heavy atom. The second kappa shape index (κ2) is 7.58. The van der Waals surface area contributed by atoms with Crippen molar-refractivity contribution in [2.24, 2.45) is 17.8 Å². The quantitative estimate of drug-likeness (QED) is 0.668. The fourth-order valence-electron chi connectivity index (χ4n) is 2.48. The van der Waals surface area contributed by atoms with Gasteiger partial charge in [0.05, 0.1) is 0 Å². The van der Waals surface area contributed by atoms with Crippen LogP contribution in [-0.4, -0.2) is 6.54 Å². The first-order chi connectivity index (χ1) is 8.17. The van der Waals surface area contributed by atoms with Crippen LogP contribution in [0.2, 0.25) is 0 Å². The molecule has 0 aliphatic heterocycles. The topological polar surface area (TPSA) is 12.0 Å². The maximum absolute atomic E-state index is 3.64. The SMILES string of the molecule is CC/C=C(\CCC)NCC1C=CC(C)C(C)C1. The first-order valence-corrected chi connectivity index (χ1v) is 7.28. The average molecular weight is 235 g/mol. The van der Waals surface area contributed by atoms with E-state index >= 15 is 0 Å². The maximum Gasteiger partial charge on any atom is 0.0206 e. The zero-order chi connectivity index (χ0) is 12.7. The Hall–Kier alpha value is -0.720. The monoisotopic (exact) mass is 235 g/mol. The van der Waals surface area contributed by atoms with E-state index in [1.807, 2.05) is 0 Å². The summed E-state index contributed by atoms with van der Waals surface area (Å²) in [5, 5.41) is 3.64. The Morgan fingerprint density at radius 2 is 2.06 bits per heavy atom. The van der Waals surface area contributed by atoms with Crippen molar-refractivity contribution in [1.82, 2.24) is 5.32 Å². The lowest BCUT2D eigenvalue weighted by Crippen LogP contribution is -2.26. The van der Waals surface area contributed by atoms with Gasteiger partial charge in [0.15, 0.2) is 0 Å². The first kappa shape index (κ1) is 14.3. The Kier molecular flexibility index (Phi) is 6.39. The smallest absolute Gasteiger partial charge is 0.0206 e. The standard InChI is InChI=1S/C16H29N/c1-5-7-16(8-6-2)17-12-15-10-9-13(3)14(4)11-15/h7,9-10,13-15,17H,5-6,8,11-12H2,1-4H3/b16-7+. The highest BCUT2D eigenvalue weighted by Gasteiger charge is 2.19. The highest BCUT2D eigenvalue weighted by molar-refractivity contribution is 5.03. The zero-order valence-electron chi connectivity index (χ0n) is 12.0. The van der Waals surface area contributed by atoms with E-state index in [0.717, 1.165) is 30.7 Å². The van der Waals surface area contributed by atoms with Gasteiger partial charge in [-0.05, 0) is 37.0 Å². The lowest BCUT2D eigenvalue weighted by atomic mass is 9.81. The summed E-state index contributed by atoms with van der Waals surface area (Å²) in [6.07, 6.45) is 12.0. The third kappa shape index (κ3) is 4.97. The molecule has 1 heteroatoms. The largest absolute Gasteiger partial charge is 0.388 e. The molecule has 1 rings (SSSR count). The van der Waals surface area contributed by atoms with E-state index in [-0.39, 0.29) is 0 Å². The molecule has 0 aromatic carbocycles. The minimum absolute atomic E-state index is 0.721. The van der Waals surface area contributed by atoms with E-state index in [9.17, 15) is 0 Å². The number of nitrogens with one attached hydrogen (secondary N) is 1. The molecule has 0 saturated carbocycles. The number of hydrogen-bond donors (Lipinski definition) is 1. The van der Waals surface area contributed by atoms with E-state index < -0.39 is 0 Å². The van der Waals surface area contributed by atoms with Gasteiger partial charge in [-0.1, -0.05) is 52.3 Å². The minimum atomic E-state index is 0.721. The molecule has 0 saturated heterocycles. The van der Waals surface area contributed by atoms with Gasteiger partial charge in [0.1, 0.15) is 0 Å². The summed E-state index contributed by atoms with van der Waals surface area (Å²) in [5.74, 6) is 2.31. The second-order valence-corrected chi connectivity index (χ2v) is 5.49. The van der Waals surface area contributed by atoms with Crippen LogP contribution in [0, 0.1) is 17.8 Å². The molecule has 0 amide bonds. The van der Waals surface area contributed by atoms with Crippen LogP contribution >= 0.6 is 0 Å². The zero-order valence-corrected chi connectivity index (χ0v) is 12.0.